The van der Waals surface area contributed by atoms with Gasteiger partial charge < -0.3 is 9.84 Å². The lowest BCUT2D eigenvalue weighted by atomic mass is 10.0. The van der Waals surface area contributed by atoms with Crippen LogP contribution in [0.4, 0.5) is 5.69 Å². The summed E-state index contributed by atoms with van der Waals surface area (Å²) in [4.78, 5) is 19.0. The number of carbonyl (C=O) groups is 1. The van der Waals surface area contributed by atoms with E-state index in [1.807, 2.05) is 38.1 Å². The molecule has 0 spiro atoms. The molecule has 1 fully saturated rings. The number of nitrogens with one attached hydrogen (secondary N) is 1. The first-order valence-corrected chi connectivity index (χ1v) is 9.59. The second kappa shape index (κ2) is 7.94. The van der Waals surface area contributed by atoms with Crippen molar-refractivity contribution in [3.63, 3.8) is 0 Å². The molecule has 1 aliphatic heterocycles. The lowest BCUT2D eigenvalue weighted by Crippen LogP contribution is -2.23. The quantitative estimate of drug-likeness (QED) is 0.720. The summed E-state index contributed by atoms with van der Waals surface area (Å²) >= 11 is 0. The Morgan fingerprint density at radius 3 is 2.93 bits per heavy atom. The third-order valence-electron chi connectivity index (χ3n) is 5.28. The second-order valence-electron chi connectivity index (χ2n) is 7.26. The molecule has 2 aromatic heterocycles. The number of hydrogen-bond donors (Lipinski definition) is 1. The van der Waals surface area contributed by atoms with E-state index in [2.05, 4.69) is 26.4 Å². The number of aryl methyl sites for hydroxylation is 2. The van der Waals surface area contributed by atoms with Crippen molar-refractivity contribution in [2.24, 2.45) is 0 Å². The molecule has 1 aromatic carbocycles. The van der Waals surface area contributed by atoms with Crippen LogP contribution < -0.4 is 5.32 Å². The van der Waals surface area contributed by atoms with Crippen LogP contribution in [0.3, 0.4) is 0 Å². The minimum atomic E-state index is -0.126. The van der Waals surface area contributed by atoms with Crippen molar-refractivity contribution in [2.45, 2.75) is 39.3 Å². The average Bonchev–Trinajstić information content (AvgIpc) is 3.28. The third-order valence-corrected chi connectivity index (χ3v) is 5.28. The number of rotatable bonds is 5. The molecule has 0 saturated carbocycles. The van der Waals surface area contributed by atoms with Crippen molar-refractivity contribution in [2.75, 3.05) is 11.9 Å². The zero-order valence-corrected chi connectivity index (χ0v) is 16.2. The molecule has 3 heterocycles. The predicted molar refractivity (Wildman–Crippen MR) is 107 cm³/mol. The van der Waals surface area contributed by atoms with E-state index in [0.717, 1.165) is 42.9 Å². The van der Waals surface area contributed by atoms with Crippen molar-refractivity contribution in [1.29, 1.82) is 0 Å². The number of aromatic nitrogens is 2. The first kappa shape index (κ1) is 18.4. The highest BCUT2D eigenvalue weighted by Crippen LogP contribution is 2.36. The van der Waals surface area contributed by atoms with Gasteiger partial charge in [0.25, 0.3) is 5.91 Å². The standard InChI is InChI=1S/C22H24N4O2/c1-15-21(16(2)28-25-15)20-9-5-11-26(20)14-17-6-3-7-18(12-17)22(27)24-19-8-4-10-23-13-19/h3-4,6-8,10,12-13,20H,5,9,11,14H2,1-2H3,(H,24,27)/t20-/m0/s1. The van der Waals surface area contributed by atoms with Crippen LogP contribution in [-0.4, -0.2) is 27.5 Å². The molecule has 0 radical (unpaired) electrons. The Hall–Kier alpha value is -2.99. The van der Waals surface area contributed by atoms with Gasteiger partial charge in [-0.1, -0.05) is 17.3 Å². The fourth-order valence-corrected chi connectivity index (χ4v) is 3.99. The zero-order chi connectivity index (χ0) is 19.5. The van der Waals surface area contributed by atoms with Crippen LogP contribution in [0.15, 0.2) is 53.3 Å². The molecule has 3 aromatic rings. The summed E-state index contributed by atoms with van der Waals surface area (Å²) in [6, 6.07) is 11.8. The lowest BCUT2D eigenvalue weighted by Gasteiger charge is -2.24. The van der Waals surface area contributed by atoms with Gasteiger partial charge in [0.05, 0.1) is 17.6 Å². The van der Waals surface area contributed by atoms with Gasteiger partial charge in [-0.2, -0.15) is 0 Å². The van der Waals surface area contributed by atoms with Crippen LogP contribution in [0.2, 0.25) is 0 Å². The zero-order valence-electron chi connectivity index (χ0n) is 16.2. The highest BCUT2D eigenvalue weighted by atomic mass is 16.5. The molecule has 1 atom stereocenters. The number of pyridine rings is 1. The molecule has 6 nitrogen and oxygen atoms in total. The molecule has 28 heavy (non-hydrogen) atoms. The number of anilines is 1. The molecule has 1 amide bonds. The second-order valence-corrected chi connectivity index (χ2v) is 7.26. The summed E-state index contributed by atoms with van der Waals surface area (Å²) in [6.45, 7) is 5.81. The number of amides is 1. The summed E-state index contributed by atoms with van der Waals surface area (Å²) < 4.78 is 5.38. The summed E-state index contributed by atoms with van der Waals surface area (Å²) in [5, 5.41) is 7.01. The van der Waals surface area contributed by atoms with E-state index in [1.54, 1.807) is 18.5 Å². The van der Waals surface area contributed by atoms with E-state index in [1.165, 1.54) is 5.56 Å². The maximum atomic E-state index is 12.6. The predicted octanol–water partition coefficient (Wildman–Crippen LogP) is 4.28. The van der Waals surface area contributed by atoms with Gasteiger partial charge >= 0.3 is 0 Å². The van der Waals surface area contributed by atoms with Gasteiger partial charge in [-0.05, 0) is 63.1 Å². The molecule has 1 saturated heterocycles. The monoisotopic (exact) mass is 376 g/mol. The fraction of sp³-hybridized carbons (Fsp3) is 0.318. The van der Waals surface area contributed by atoms with E-state index in [9.17, 15) is 4.79 Å². The van der Waals surface area contributed by atoms with Crippen LogP contribution in [0.1, 0.15) is 51.8 Å². The Kier molecular flexibility index (Phi) is 5.21. The van der Waals surface area contributed by atoms with Crippen molar-refractivity contribution < 1.29 is 9.32 Å². The van der Waals surface area contributed by atoms with Crippen LogP contribution in [0, 0.1) is 13.8 Å². The number of benzene rings is 1. The lowest BCUT2D eigenvalue weighted by molar-refractivity contribution is 0.102. The number of likely N-dealkylation sites (tertiary alicyclic amines) is 1. The Labute approximate surface area is 164 Å². The highest BCUT2D eigenvalue weighted by molar-refractivity contribution is 6.04. The summed E-state index contributed by atoms with van der Waals surface area (Å²) in [5.41, 5.74) is 4.64. The first-order valence-electron chi connectivity index (χ1n) is 9.59. The van der Waals surface area contributed by atoms with Crippen LogP contribution in [0.25, 0.3) is 0 Å². The highest BCUT2D eigenvalue weighted by Gasteiger charge is 2.30. The van der Waals surface area contributed by atoms with Crippen molar-refractivity contribution in [3.8, 4) is 0 Å². The molecule has 0 bridgehead atoms. The van der Waals surface area contributed by atoms with E-state index in [-0.39, 0.29) is 5.91 Å². The molecule has 0 unspecified atom stereocenters. The topological polar surface area (TPSA) is 71.3 Å². The SMILES string of the molecule is Cc1noc(C)c1[C@@H]1CCCN1Cc1cccc(C(=O)Nc2cccnc2)c1. The molecule has 1 N–H and O–H groups in total. The summed E-state index contributed by atoms with van der Waals surface area (Å²) in [6.07, 6.45) is 5.57. The Balaban J connectivity index is 1.49. The Morgan fingerprint density at radius 1 is 1.29 bits per heavy atom. The van der Waals surface area contributed by atoms with E-state index in [4.69, 9.17) is 4.52 Å². The normalized spacial score (nSPS) is 17.0. The smallest absolute Gasteiger partial charge is 0.255 e. The van der Waals surface area contributed by atoms with Gasteiger partial charge in [0, 0.05) is 29.9 Å². The van der Waals surface area contributed by atoms with Gasteiger partial charge in [-0.25, -0.2) is 0 Å². The average molecular weight is 376 g/mol. The molecule has 1 aliphatic rings. The van der Waals surface area contributed by atoms with Gasteiger partial charge in [0.2, 0.25) is 0 Å². The van der Waals surface area contributed by atoms with E-state index in [0.29, 0.717) is 17.3 Å². The van der Waals surface area contributed by atoms with Gasteiger partial charge in [0.15, 0.2) is 0 Å². The molecule has 0 aliphatic carbocycles. The van der Waals surface area contributed by atoms with Gasteiger partial charge in [-0.3, -0.25) is 14.7 Å². The van der Waals surface area contributed by atoms with E-state index < -0.39 is 0 Å². The Morgan fingerprint density at radius 2 is 2.18 bits per heavy atom. The summed E-state index contributed by atoms with van der Waals surface area (Å²) in [5.74, 6) is 0.776. The molecule has 4 rings (SSSR count). The number of hydrogen-bond acceptors (Lipinski definition) is 5. The van der Waals surface area contributed by atoms with Crippen LogP contribution in [0.5, 0.6) is 0 Å². The molecule has 6 heteroatoms. The van der Waals surface area contributed by atoms with Crippen LogP contribution >= 0.6 is 0 Å². The number of carbonyl (C=O) groups excluding carboxylic acids is 1. The Bertz CT molecular complexity index is 948. The van der Waals surface area contributed by atoms with Crippen LogP contribution in [-0.2, 0) is 6.54 Å². The largest absolute Gasteiger partial charge is 0.361 e. The summed E-state index contributed by atoms with van der Waals surface area (Å²) in [7, 11) is 0. The maximum absolute atomic E-state index is 12.6. The van der Waals surface area contributed by atoms with Crippen molar-refractivity contribution in [3.05, 3.63) is 76.9 Å². The molecule has 144 valence electrons. The first-order chi connectivity index (χ1) is 13.6. The number of nitrogens with zero attached hydrogens (tertiary/aromatic N) is 3. The fourth-order valence-electron chi connectivity index (χ4n) is 3.99. The molecular weight excluding hydrogens is 352 g/mol. The third kappa shape index (κ3) is 3.82. The van der Waals surface area contributed by atoms with Crippen molar-refractivity contribution >= 4 is 11.6 Å². The van der Waals surface area contributed by atoms with Crippen molar-refractivity contribution in [1.82, 2.24) is 15.0 Å². The molecular formula is C22H24N4O2. The minimum Gasteiger partial charge on any atom is -0.361 e. The van der Waals surface area contributed by atoms with E-state index >= 15 is 0 Å². The maximum Gasteiger partial charge on any atom is 0.255 e. The van der Waals surface area contributed by atoms with Gasteiger partial charge in [0.1, 0.15) is 5.76 Å². The van der Waals surface area contributed by atoms with Gasteiger partial charge in [-0.15, -0.1) is 0 Å². The minimum absolute atomic E-state index is 0.126.